The third-order valence-electron chi connectivity index (χ3n) is 3.83. The zero-order chi connectivity index (χ0) is 13.0. The van der Waals surface area contributed by atoms with Crippen molar-refractivity contribution >= 4 is 5.95 Å². The van der Waals surface area contributed by atoms with Crippen LogP contribution in [0.25, 0.3) is 0 Å². The van der Waals surface area contributed by atoms with Gasteiger partial charge in [-0.2, -0.15) is 0 Å². The highest BCUT2D eigenvalue weighted by molar-refractivity contribution is 5.27. The van der Waals surface area contributed by atoms with Crippen LogP contribution in [0.1, 0.15) is 57.7 Å². The van der Waals surface area contributed by atoms with E-state index in [2.05, 4.69) is 33.9 Å². The SMILES string of the molecule is CCNc1nnc(C2CCCCCC2N)n1CC. The van der Waals surface area contributed by atoms with Crippen molar-refractivity contribution in [3.63, 3.8) is 0 Å². The van der Waals surface area contributed by atoms with Crippen LogP contribution in [0.3, 0.4) is 0 Å². The predicted molar refractivity (Wildman–Crippen MR) is 73.7 cm³/mol. The molecule has 0 bridgehead atoms. The lowest BCUT2D eigenvalue weighted by Crippen LogP contribution is -2.29. The summed E-state index contributed by atoms with van der Waals surface area (Å²) in [4.78, 5) is 0. The van der Waals surface area contributed by atoms with Gasteiger partial charge in [0.1, 0.15) is 5.82 Å². The standard InChI is InChI=1S/C13H25N5/c1-3-15-13-17-16-12(18(13)4-2)10-8-6-5-7-9-11(10)14/h10-11H,3-9,14H2,1-2H3,(H,15,17). The molecule has 2 unspecified atom stereocenters. The maximum absolute atomic E-state index is 6.32. The summed E-state index contributed by atoms with van der Waals surface area (Å²) in [6, 6.07) is 0.233. The number of hydrogen-bond donors (Lipinski definition) is 2. The number of hydrogen-bond acceptors (Lipinski definition) is 4. The van der Waals surface area contributed by atoms with E-state index in [9.17, 15) is 0 Å². The van der Waals surface area contributed by atoms with Crippen molar-refractivity contribution in [2.45, 2.75) is 64.5 Å². The van der Waals surface area contributed by atoms with Crippen LogP contribution in [0.15, 0.2) is 0 Å². The third kappa shape index (κ3) is 2.66. The summed E-state index contributed by atoms with van der Waals surface area (Å²) in [6.45, 7) is 5.98. The molecular weight excluding hydrogens is 226 g/mol. The quantitative estimate of drug-likeness (QED) is 0.804. The molecule has 102 valence electrons. The van der Waals surface area contributed by atoms with Crippen LogP contribution in [0.2, 0.25) is 0 Å². The molecule has 1 saturated carbocycles. The fraction of sp³-hybridized carbons (Fsp3) is 0.846. The molecule has 5 nitrogen and oxygen atoms in total. The molecule has 0 aromatic carbocycles. The number of nitrogens with one attached hydrogen (secondary N) is 1. The largest absolute Gasteiger partial charge is 0.355 e. The van der Waals surface area contributed by atoms with Crippen molar-refractivity contribution in [1.82, 2.24) is 14.8 Å². The van der Waals surface area contributed by atoms with Crippen molar-refractivity contribution < 1.29 is 0 Å². The molecule has 2 rings (SSSR count). The number of rotatable bonds is 4. The van der Waals surface area contributed by atoms with Crippen LogP contribution in [0.5, 0.6) is 0 Å². The normalized spacial score (nSPS) is 24.8. The lowest BCUT2D eigenvalue weighted by Gasteiger charge is -2.21. The van der Waals surface area contributed by atoms with Crippen molar-refractivity contribution in [2.75, 3.05) is 11.9 Å². The van der Waals surface area contributed by atoms with E-state index < -0.39 is 0 Å². The van der Waals surface area contributed by atoms with Crippen LogP contribution in [0, 0.1) is 0 Å². The van der Waals surface area contributed by atoms with Gasteiger partial charge in [-0.25, -0.2) is 0 Å². The van der Waals surface area contributed by atoms with Gasteiger partial charge in [-0.05, 0) is 26.7 Å². The molecule has 5 heteroatoms. The maximum atomic E-state index is 6.32. The molecule has 1 aliphatic rings. The van der Waals surface area contributed by atoms with Crippen LogP contribution < -0.4 is 11.1 Å². The van der Waals surface area contributed by atoms with Crippen molar-refractivity contribution in [3.8, 4) is 0 Å². The summed E-state index contributed by atoms with van der Waals surface area (Å²) in [5.41, 5.74) is 6.32. The van der Waals surface area contributed by atoms with Gasteiger partial charge in [0.25, 0.3) is 0 Å². The molecule has 0 aliphatic heterocycles. The second-order valence-electron chi connectivity index (χ2n) is 5.06. The van der Waals surface area contributed by atoms with E-state index in [1.54, 1.807) is 0 Å². The van der Waals surface area contributed by atoms with E-state index in [1.807, 2.05) is 0 Å². The van der Waals surface area contributed by atoms with E-state index >= 15 is 0 Å². The van der Waals surface area contributed by atoms with Crippen LogP contribution in [0.4, 0.5) is 5.95 Å². The predicted octanol–water partition coefficient (Wildman–Crippen LogP) is 2.10. The molecule has 3 N–H and O–H groups in total. The Bertz CT molecular complexity index is 373. The van der Waals surface area contributed by atoms with Crippen LogP contribution >= 0.6 is 0 Å². The summed E-state index contributed by atoms with van der Waals surface area (Å²) in [6.07, 6.45) is 6.05. The smallest absolute Gasteiger partial charge is 0.224 e. The summed E-state index contributed by atoms with van der Waals surface area (Å²) >= 11 is 0. The lowest BCUT2D eigenvalue weighted by atomic mass is 9.94. The van der Waals surface area contributed by atoms with Gasteiger partial charge in [-0.3, -0.25) is 4.57 Å². The molecule has 0 saturated heterocycles. The van der Waals surface area contributed by atoms with Crippen molar-refractivity contribution in [1.29, 1.82) is 0 Å². The highest BCUT2D eigenvalue weighted by atomic mass is 15.3. The Kier molecular flexibility index (Phi) is 4.58. The Balaban J connectivity index is 2.25. The minimum absolute atomic E-state index is 0.233. The van der Waals surface area contributed by atoms with Gasteiger partial charge in [-0.15, -0.1) is 10.2 Å². The molecule has 0 radical (unpaired) electrons. The van der Waals surface area contributed by atoms with Gasteiger partial charge in [0, 0.05) is 25.0 Å². The Morgan fingerprint density at radius 1 is 1.22 bits per heavy atom. The Labute approximate surface area is 109 Å². The van der Waals surface area contributed by atoms with Gasteiger partial charge in [0.05, 0.1) is 0 Å². The minimum Gasteiger partial charge on any atom is -0.355 e. The van der Waals surface area contributed by atoms with Gasteiger partial charge in [0.2, 0.25) is 5.95 Å². The summed E-state index contributed by atoms with van der Waals surface area (Å²) < 4.78 is 2.18. The molecule has 1 aromatic rings. The van der Waals surface area contributed by atoms with Gasteiger partial charge >= 0.3 is 0 Å². The fourth-order valence-electron chi connectivity index (χ4n) is 2.85. The van der Waals surface area contributed by atoms with E-state index in [-0.39, 0.29) is 6.04 Å². The number of nitrogens with zero attached hydrogens (tertiary/aromatic N) is 3. The molecule has 1 aromatic heterocycles. The van der Waals surface area contributed by atoms with E-state index in [0.29, 0.717) is 5.92 Å². The molecule has 1 aliphatic carbocycles. The monoisotopic (exact) mass is 251 g/mol. The first kappa shape index (κ1) is 13.3. The second kappa shape index (κ2) is 6.18. The first-order valence-electron chi connectivity index (χ1n) is 7.20. The molecule has 1 heterocycles. The Hall–Kier alpha value is -1.10. The minimum atomic E-state index is 0.233. The van der Waals surface area contributed by atoms with E-state index in [4.69, 9.17) is 5.73 Å². The lowest BCUT2D eigenvalue weighted by molar-refractivity contribution is 0.464. The van der Waals surface area contributed by atoms with Gasteiger partial charge in [-0.1, -0.05) is 19.3 Å². The first-order chi connectivity index (χ1) is 8.77. The fourth-order valence-corrected chi connectivity index (χ4v) is 2.85. The Morgan fingerprint density at radius 2 is 2.00 bits per heavy atom. The van der Waals surface area contributed by atoms with Crippen molar-refractivity contribution in [2.24, 2.45) is 5.73 Å². The van der Waals surface area contributed by atoms with E-state index in [1.165, 1.54) is 19.3 Å². The highest BCUT2D eigenvalue weighted by Gasteiger charge is 2.27. The average Bonchev–Trinajstić information content (AvgIpc) is 2.64. The third-order valence-corrected chi connectivity index (χ3v) is 3.83. The number of aromatic nitrogens is 3. The van der Waals surface area contributed by atoms with Gasteiger partial charge in [0.15, 0.2) is 0 Å². The molecule has 0 amide bonds. The topological polar surface area (TPSA) is 68.8 Å². The zero-order valence-electron chi connectivity index (χ0n) is 11.5. The first-order valence-corrected chi connectivity index (χ1v) is 7.20. The second-order valence-corrected chi connectivity index (χ2v) is 5.06. The average molecular weight is 251 g/mol. The molecule has 18 heavy (non-hydrogen) atoms. The number of nitrogens with two attached hydrogens (primary N) is 1. The Morgan fingerprint density at radius 3 is 2.72 bits per heavy atom. The molecule has 0 spiro atoms. The number of anilines is 1. The summed E-state index contributed by atoms with van der Waals surface area (Å²) in [7, 11) is 0. The highest BCUT2D eigenvalue weighted by Crippen LogP contribution is 2.30. The van der Waals surface area contributed by atoms with Gasteiger partial charge < -0.3 is 11.1 Å². The van der Waals surface area contributed by atoms with Crippen molar-refractivity contribution in [3.05, 3.63) is 5.82 Å². The molecular formula is C13H25N5. The molecule has 2 atom stereocenters. The molecule has 1 fully saturated rings. The zero-order valence-corrected chi connectivity index (χ0v) is 11.5. The van der Waals surface area contributed by atoms with Crippen LogP contribution in [-0.2, 0) is 6.54 Å². The summed E-state index contributed by atoms with van der Waals surface area (Å²) in [5.74, 6) is 2.32. The van der Waals surface area contributed by atoms with E-state index in [0.717, 1.165) is 37.7 Å². The maximum Gasteiger partial charge on any atom is 0.224 e. The summed E-state index contributed by atoms with van der Waals surface area (Å²) in [5, 5.41) is 11.9. The van der Waals surface area contributed by atoms with Crippen LogP contribution in [-0.4, -0.2) is 27.4 Å².